The number of hydrogen-bond acceptors (Lipinski definition) is 3. The normalized spacial score (nSPS) is 9.95. The van der Waals surface area contributed by atoms with Crippen LogP contribution in [-0.4, -0.2) is 18.4 Å². The van der Waals surface area contributed by atoms with Crippen molar-refractivity contribution in [2.24, 2.45) is 5.73 Å². The van der Waals surface area contributed by atoms with E-state index in [1.54, 1.807) is 24.3 Å². The van der Waals surface area contributed by atoms with Crippen LogP contribution in [0.4, 0.5) is 11.4 Å². The molecular formula is C15H14BrN3O2. The van der Waals surface area contributed by atoms with Gasteiger partial charge in [-0.2, -0.15) is 0 Å². The monoisotopic (exact) mass is 347 g/mol. The lowest BCUT2D eigenvalue weighted by atomic mass is 10.2. The predicted octanol–water partition coefficient (Wildman–Crippen LogP) is 2.60. The van der Waals surface area contributed by atoms with Gasteiger partial charge in [-0.3, -0.25) is 9.59 Å². The van der Waals surface area contributed by atoms with Crippen molar-refractivity contribution in [3.05, 3.63) is 58.6 Å². The number of nitrogens with one attached hydrogen (secondary N) is 2. The molecule has 0 saturated heterocycles. The largest absolute Gasteiger partial charge is 0.376 e. The molecule has 2 aromatic carbocycles. The fraction of sp³-hybridized carbons (Fsp3) is 0.0667. The van der Waals surface area contributed by atoms with Crippen LogP contribution in [0.25, 0.3) is 0 Å². The summed E-state index contributed by atoms with van der Waals surface area (Å²) in [4.78, 5) is 22.8. The second-order valence-electron chi connectivity index (χ2n) is 4.35. The molecule has 108 valence electrons. The smallest absolute Gasteiger partial charge is 0.248 e. The summed E-state index contributed by atoms with van der Waals surface area (Å²) in [7, 11) is 0. The molecule has 6 heteroatoms. The molecule has 21 heavy (non-hydrogen) atoms. The van der Waals surface area contributed by atoms with Crippen LogP contribution in [0.1, 0.15) is 10.4 Å². The highest BCUT2D eigenvalue weighted by Crippen LogP contribution is 2.15. The van der Waals surface area contributed by atoms with Gasteiger partial charge in [0.2, 0.25) is 11.8 Å². The molecule has 4 N–H and O–H groups in total. The lowest BCUT2D eigenvalue weighted by molar-refractivity contribution is -0.114. The molecule has 0 aliphatic carbocycles. The highest BCUT2D eigenvalue weighted by Gasteiger charge is 2.04. The van der Waals surface area contributed by atoms with Crippen molar-refractivity contribution < 1.29 is 9.59 Å². The molecule has 0 saturated carbocycles. The van der Waals surface area contributed by atoms with E-state index in [0.29, 0.717) is 11.3 Å². The van der Waals surface area contributed by atoms with E-state index < -0.39 is 5.91 Å². The number of anilines is 2. The van der Waals surface area contributed by atoms with Gasteiger partial charge in [-0.05, 0) is 42.5 Å². The quantitative estimate of drug-likeness (QED) is 0.777. The molecule has 0 bridgehead atoms. The highest BCUT2D eigenvalue weighted by molar-refractivity contribution is 9.10. The fourth-order valence-electron chi connectivity index (χ4n) is 1.70. The van der Waals surface area contributed by atoms with Crippen LogP contribution in [0, 0.1) is 0 Å². The summed E-state index contributed by atoms with van der Waals surface area (Å²) in [5.41, 5.74) is 7.01. The average Bonchev–Trinajstić information content (AvgIpc) is 2.46. The lowest BCUT2D eigenvalue weighted by Crippen LogP contribution is -2.21. The Bertz CT molecular complexity index is 656. The van der Waals surface area contributed by atoms with Gasteiger partial charge in [0.25, 0.3) is 0 Å². The Morgan fingerprint density at radius 1 is 1.05 bits per heavy atom. The number of carbonyl (C=O) groups excluding carboxylic acids is 2. The van der Waals surface area contributed by atoms with Gasteiger partial charge in [0.05, 0.1) is 6.54 Å². The van der Waals surface area contributed by atoms with Crippen LogP contribution in [0.3, 0.4) is 0 Å². The Morgan fingerprint density at radius 2 is 1.76 bits per heavy atom. The maximum atomic E-state index is 11.8. The molecular weight excluding hydrogens is 334 g/mol. The van der Waals surface area contributed by atoms with Crippen LogP contribution >= 0.6 is 15.9 Å². The molecule has 2 amide bonds. The summed E-state index contributed by atoms with van der Waals surface area (Å²) < 4.78 is 0.940. The number of nitrogens with two attached hydrogens (primary N) is 1. The first-order chi connectivity index (χ1) is 10.0. The first-order valence-electron chi connectivity index (χ1n) is 6.24. The highest BCUT2D eigenvalue weighted by atomic mass is 79.9. The lowest BCUT2D eigenvalue weighted by Gasteiger charge is -2.08. The summed E-state index contributed by atoms with van der Waals surface area (Å²) in [6.45, 7) is 0.147. The van der Waals surface area contributed by atoms with Crippen LogP contribution in [-0.2, 0) is 4.79 Å². The predicted molar refractivity (Wildman–Crippen MR) is 86.2 cm³/mol. The summed E-state index contributed by atoms with van der Waals surface area (Å²) in [5, 5.41) is 5.75. The van der Waals surface area contributed by atoms with Crippen LogP contribution in [0.2, 0.25) is 0 Å². The molecule has 0 fully saturated rings. The molecule has 0 aromatic heterocycles. The Hall–Kier alpha value is -2.34. The Labute approximate surface area is 130 Å². The maximum absolute atomic E-state index is 11.8. The summed E-state index contributed by atoms with van der Waals surface area (Å²) in [6.07, 6.45) is 0. The molecule has 0 unspecified atom stereocenters. The first kappa shape index (κ1) is 15.1. The van der Waals surface area contributed by atoms with Crippen molar-refractivity contribution in [3.8, 4) is 0 Å². The van der Waals surface area contributed by atoms with E-state index in [1.807, 2.05) is 24.3 Å². The Balaban J connectivity index is 1.88. The molecule has 0 radical (unpaired) electrons. The van der Waals surface area contributed by atoms with E-state index >= 15 is 0 Å². The van der Waals surface area contributed by atoms with Gasteiger partial charge in [-0.15, -0.1) is 0 Å². The van der Waals surface area contributed by atoms with Gasteiger partial charge in [0.1, 0.15) is 0 Å². The molecule has 0 spiro atoms. The van der Waals surface area contributed by atoms with Gasteiger partial charge >= 0.3 is 0 Å². The summed E-state index contributed by atoms with van der Waals surface area (Å²) in [6, 6.07) is 14.0. The minimum Gasteiger partial charge on any atom is -0.376 e. The second kappa shape index (κ2) is 6.90. The topological polar surface area (TPSA) is 84.2 Å². The molecule has 2 rings (SSSR count). The third kappa shape index (κ3) is 4.61. The summed E-state index contributed by atoms with van der Waals surface area (Å²) in [5.74, 6) is -0.675. The van der Waals surface area contributed by atoms with Crippen LogP contribution in [0.5, 0.6) is 0 Å². The number of benzene rings is 2. The van der Waals surface area contributed by atoms with Crippen molar-refractivity contribution in [2.75, 3.05) is 17.2 Å². The Kier molecular flexibility index (Phi) is 4.94. The molecule has 0 atom stereocenters. The third-order valence-corrected chi connectivity index (χ3v) is 3.22. The molecule has 5 nitrogen and oxygen atoms in total. The number of carbonyl (C=O) groups is 2. The van der Waals surface area contributed by atoms with Crippen LogP contribution in [0.15, 0.2) is 53.0 Å². The van der Waals surface area contributed by atoms with E-state index in [0.717, 1.165) is 10.2 Å². The minimum atomic E-state index is -0.496. The fourth-order valence-corrected chi connectivity index (χ4v) is 2.10. The maximum Gasteiger partial charge on any atom is 0.248 e. The molecule has 0 heterocycles. The van der Waals surface area contributed by atoms with Crippen molar-refractivity contribution in [1.82, 2.24) is 0 Å². The second-order valence-corrected chi connectivity index (χ2v) is 5.27. The van der Waals surface area contributed by atoms with Gasteiger partial charge in [-0.25, -0.2) is 0 Å². The number of amides is 2. The van der Waals surface area contributed by atoms with Crippen molar-refractivity contribution in [2.45, 2.75) is 0 Å². The zero-order valence-electron chi connectivity index (χ0n) is 11.1. The number of hydrogen-bond donors (Lipinski definition) is 3. The molecule has 0 aliphatic rings. The first-order valence-corrected chi connectivity index (χ1v) is 7.03. The zero-order chi connectivity index (χ0) is 15.2. The molecule has 2 aromatic rings. The van der Waals surface area contributed by atoms with Gasteiger partial charge in [-0.1, -0.05) is 22.0 Å². The number of rotatable bonds is 5. The van der Waals surface area contributed by atoms with E-state index in [4.69, 9.17) is 5.73 Å². The van der Waals surface area contributed by atoms with Gasteiger partial charge in [0, 0.05) is 21.4 Å². The van der Waals surface area contributed by atoms with Crippen molar-refractivity contribution in [1.29, 1.82) is 0 Å². The van der Waals surface area contributed by atoms with Crippen molar-refractivity contribution >= 4 is 39.1 Å². The van der Waals surface area contributed by atoms with E-state index in [9.17, 15) is 9.59 Å². The standard InChI is InChI=1S/C15H14BrN3O2/c16-11-2-1-3-13(8-11)18-9-14(20)19-12-6-4-10(5-7-12)15(17)21/h1-8,18H,9H2,(H2,17,21)(H,19,20). The van der Waals surface area contributed by atoms with E-state index in [2.05, 4.69) is 26.6 Å². The van der Waals surface area contributed by atoms with E-state index in [1.165, 1.54) is 0 Å². The van der Waals surface area contributed by atoms with Gasteiger partial charge in [0.15, 0.2) is 0 Å². The number of halogens is 1. The van der Waals surface area contributed by atoms with E-state index in [-0.39, 0.29) is 12.5 Å². The zero-order valence-corrected chi connectivity index (χ0v) is 12.7. The molecule has 0 aliphatic heterocycles. The third-order valence-electron chi connectivity index (χ3n) is 2.73. The number of primary amides is 1. The summed E-state index contributed by atoms with van der Waals surface area (Å²) >= 11 is 3.36. The minimum absolute atomic E-state index is 0.147. The van der Waals surface area contributed by atoms with Gasteiger partial charge < -0.3 is 16.4 Å². The Morgan fingerprint density at radius 3 is 2.38 bits per heavy atom. The average molecular weight is 348 g/mol. The van der Waals surface area contributed by atoms with Crippen LogP contribution < -0.4 is 16.4 Å². The van der Waals surface area contributed by atoms with Crippen molar-refractivity contribution in [3.63, 3.8) is 0 Å². The SMILES string of the molecule is NC(=O)c1ccc(NC(=O)CNc2cccc(Br)c2)cc1.